The number of allylic oxidation sites excluding steroid dienone is 2. The van der Waals surface area contributed by atoms with Crippen LogP contribution in [0, 0.1) is 39.6 Å². The topological polar surface area (TPSA) is 80.5 Å². The predicted molar refractivity (Wildman–Crippen MR) is 73.3 cm³/mol. The van der Waals surface area contributed by atoms with Crippen LogP contribution in [-0.4, -0.2) is 16.7 Å². The van der Waals surface area contributed by atoms with Gasteiger partial charge in [0.1, 0.15) is 5.82 Å². The highest BCUT2D eigenvalue weighted by molar-refractivity contribution is 6.23. The first-order chi connectivity index (χ1) is 10.5. The fourth-order valence-corrected chi connectivity index (χ4v) is 3.93. The molecule has 1 aliphatic heterocycles. The highest BCUT2D eigenvalue weighted by Gasteiger charge is 2.60. The van der Waals surface area contributed by atoms with Crippen LogP contribution in [0.5, 0.6) is 0 Å². The van der Waals surface area contributed by atoms with Crippen LogP contribution in [0.3, 0.4) is 0 Å². The van der Waals surface area contributed by atoms with E-state index >= 15 is 0 Å². The molecule has 1 aromatic carbocycles. The third-order valence-electron chi connectivity index (χ3n) is 4.85. The van der Waals surface area contributed by atoms with Gasteiger partial charge < -0.3 is 0 Å². The molecule has 4 atom stereocenters. The van der Waals surface area contributed by atoms with E-state index in [2.05, 4.69) is 0 Å². The fourth-order valence-electron chi connectivity index (χ4n) is 3.93. The van der Waals surface area contributed by atoms with Gasteiger partial charge in [0, 0.05) is 12.1 Å². The molecular weight excluding hydrogens is 291 g/mol. The minimum Gasteiger partial charge on any atom is -0.274 e. The summed E-state index contributed by atoms with van der Waals surface area (Å²) in [6, 6.07) is 2.87. The summed E-state index contributed by atoms with van der Waals surface area (Å²) in [6.07, 6.45) is 4.65. The summed E-state index contributed by atoms with van der Waals surface area (Å²) in [5.41, 5.74) is -0.673. The third-order valence-corrected chi connectivity index (χ3v) is 4.85. The van der Waals surface area contributed by atoms with Crippen molar-refractivity contribution in [3.63, 3.8) is 0 Å². The largest absolute Gasteiger partial charge is 0.274 e. The molecule has 4 rings (SSSR count). The molecule has 112 valence electrons. The van der Waals surface area contributed by atoms with Gasteiger partial charge in [-0.2, -0.15) is 0 Å². The average molecular weight is 302 g/mol. The highest BCUT2D eigenvalue weighted by Crippen LogP contribution is 2.53. The van der Waals surface area contributed by atoms with Crippen LogP contribution in [0.4, 0.5) is 15.8 Å². The molecular formula is C15H11FN2O4. The minimum absolute atomic E-state index is 0.0122. The summed E-state index contributed by atoms with van der Waals surface area (Å²) in [4.78, 5) is 36.1. The number of nitro groups is 1. The molecule has 1 aromatic rings. The second-order valence-electron chi connectivity index (χ2n) is 5.90. The Morgan fingerprint density at radius 1 is 1.14 bits per heavy atom. The molecule has 1 saturated carbocycles. The first-order valence-electron chi connectivity index (χ1n) is 6.99. The lowest BCUT2D eigenvalue weighted by molar-refractivity contribution is -0.384. The van der Waals surface area contributed by atoms with Gasteiger partial charge in [0.25, 0.3) is 5.69 Å². The van der Waals surface area contributed by atoms with Crippen LogP contribution in [0.2, 0.25) is 0 Å². The number of imide groups is 1. The standard InChI is InChI=1S/C15H11FN2O4/c16-10-4-3-9(18(21)22)6-11(10)17-14(19)12-7-1-2-8(5-7)13(12)15(17)20/h1-4,6-8,12-13H,5H2. The number of halogens is 1. The summed E-state index contributed by atoms with van der Waals surface area (Å²) in [7, 11) is 0. The van der Waals surface area contributed by atoms with Crippen molar-refractivity contribution in [2.75, 3.05) is 4.90 Å². The van der Waals surface area contributed by atoms with Crippen molar-refractivity contribution in [3.05, 3.63) is 46.3 Å². The van der Waals surface area contributed by atoms with Crippen molar-refractivity contribution in [2.24, 2.45) is 23.7 Å². The number of hydrogen-bond acceptors (Lipinski definition) is 4. The van der Waals surface area contributed by atoms with Crippen LogP contribution in [-0.2, 0) is 9.59 Å². The first-order valence-corrected chi connectivity index (χ1v) is 6.99. The number of fused-ring (bicyclic) bond motifs is 5. The highest BCUT2D eigenvalue weighted by atomic mass is 19.1. The summed E-state index contributed by atoms with van der Waals surface area (Å²) in [5, 5.41) is 10.8. The van der Waals surface area contributed by atoms with Gasteiger partial charge in [0.2, 0.25) is 11.8 Å². The zero-order valence-electron chi connectivity index (χ0n) is 11.3. The lowest BCUT2D eigenvalue weighted by Crippen LogP contribution is -2.33. The van der Waals surface area contributed by atoms with Gasteiger partial charge in [-0.15, -0.1) is 0 Å². The number of nitrogens with zero attached hydrogens (tertiary/aromatic N) is 2. The van der Waals surface area contributed by atoms with E-state index in [1.807, 2.05) is 12.2 Å². The van der Waals surface area contributed by atoms with Crippen molar-refractivity contribution in [1.82, 2.24) is 0 Å². The molecule has 4 unspecified atom stereocenters. The van der Waals surface area contributed by atoms with E-state index in [1.165, 1.54) is 0 Å². The Morgan fingerprint density at radius 3 is 2.27 bits per heavy atom. The number of nitro benzene ring substituents is 1. The van der Waals surface area contributed by atoms with E-state index < -0.39 is 34.4 Å². The Kier molecular flexibility index (Phi) is 2.52. The molecule has 0 aromatic heterocycles. The average Bonchev–Trinajstić information content (AvgIpc) is 3.14. The van der Waals surface area contributed by atoms with E-state index in [9.17, 15) is 24.1 Å². The molecule has 1 saturated heterocycles. The molecule has 0 spiro atoms. The zero-order chi connectivity index (χ0) is 15.6. The van der Waals surface area contributed by atoms with Gasteiger partial charge in [-0.05, 0) is 24.3 Å². The van der Waals surface area contributed by atoms with Crippen LogP contribution >= 0.6 is 0 Å². The zero-order valence-corrected chi connectivity index (χ0v) is 11.3. The number of hydrogen-bond donors (Lipinski definition) is 0. The summed E-state index contributed by atoms with van der Waals surface area (Å²) >= 11 is 0. The second kappa shape index (κ2) is 4.22. The number of carbonyl (C=O) groups excluding carboxylic acids is 2. The van der Waals surface area contributed by atoms with Gasteiger partial charge >= 0.3 is 0 Å². The number of rotatable bonds is 2. The fraction of sp³-hybridized carbons (Fsp3) is 0.333. The molecule has 2 aliphatic carbocycles. The van der Waals surface area contributed by atoms with Crippen molar-refractivity contribution in [3.8, 4) is 0 Å². The Bertz CT molecular complexity index is 730. The SMILES string of the molecule is O=C1C2C3C=CC(C3)C2C(=O)N1c1cc([N+](=O)[O-])ccc1F. The van der Waals surface area contributed by atoms with E-state index in [1.54, 1.807) is 0 Å². The van der Waals surface area contributed by atoms with E-state index in [-0.39, 0.29) is 23.2 Å². The Labute approximate surface area is 124 Å². The smallest absolute Gasteiger partial charge is 0.271 e. The molecule has 0 radical (unpaired) electrons. The maximum atomic E-state index is 14.0. The molecule has 2 fully saturated rings. The molecule has 2 bridgehead atoms. The van der Waals surface area contributed by atoms with Crippen molar-refractivity contribution in [2.45, 2.75) is 6.42 Å². The Hall–Kier alpha value is -2.57. The number of amides is 2. The van der Waals surface area contributed by atoms with Crippen LogP contribution in [0.15, 0.2) is 30.4 Å². The van der Waals surface area contributed by atoms with Crippen molar-refractivity contribution in [1.29, 1.82) is 0 Å². The molecule has 2 amide bonds. The Morgan fingerprint density at radius 2 is 1.73 bits per heavy atom. The Balaban J connectivity index is 1.79. The number of non-ortho nitro benzene ring substituents is 1. The normalized spacial score (nSPS) is 32.0. The number of benzene rings is 1. The van der Waals surface area contributed by atoms with Crippen LogP contribution in [0.1, 0.15) is 6.42 Å². The summed E-state index contributed by atoms with van der Waals surface area (Å²) in [6.45, 7) is 0. The maximum absolute atomic E-state index is 14.0. The second-order valence-corrected chi connectivity index (χ2v) is 5.90. The first kappa shape index (κ1) is 13.1. The van der Waals surface area contributed by atoms with Gasteiger partial charge in [-0.25, -0.2) is 9.29 Å². The van der Waals surface area contributed by atoms with Gasteiger partial charge in [0.05, 0.1) is 22.4 Å². The molecule has 7 heteroatoms. The molecule has 3 aliphatic rings. The number of anilines is 1. The monoisotopic (exact) mass is 302 g/mol. The lowest BCUT2D eigenvalue weighted by atomic mass is 9.85. The van der Waals surface area contributed by atoms with Crippen molar-refractivity contribution < 1.29 is 18.9 Å². The summed E-state index contributed by atoms with van der Waals surface area (Å²) < 4.78 is 14.0. The molecule has 1 heterocycles. The quantitative estimate of drug-likeness (QED) is 0.362. The van der Waals surface area contributed by atoms with Crippen LogP contribution < -0.4 is 4.90 Å². The van der Waals surface area contributed by atoms with Crippen LogP contribution in [0.25, 0.3) is 0 Å². The molecule has 22 heavy (non-hydrogen) atoms. The maximum Gasteiger partial charge on any atom is 0.271 e. The molecule has 6 nitrogen and oxygen atoms in total. The summed E-state index contributed by atoms with van der Waals surface area (Å²) in [5.74, 6) is -2.61. The van der Waals surface area contributed by atoms with Crippen molar-refractivity contribution >= 4 is 23.2 Å². The van der Waals surface area contributed by atoms with E-state index in [4.69, 9.17) is 0 Å². The van der Waals surface area contributed by atoms with Gasteiger partial charge in [0.15, 0.2) is 0 Å². The predicted octanol–water partition coefficient (Wildman–Crippen LogP) is 2.05. The third kappa shape index (κ3) is 1.53. The van der Waals surface area contributed by atoms with E-state index in [0.29, 0.717) is 0 Å². The minimum atomic E-state index is -0.812. The van der Waals surface area contributed by atoms with Gasteiger partial charge in [-0.3, -0.25) is 19.7 Å². The molecule has 0 N–H and O–H groups in total. The lowest BCUT2D eigenvalue weighted by Gasteiger charge is -2.17. The number of carbonyl (C=O) groups is 2. The van der Waals surface area contributed by atoms with Gasteiger partial charge in [-0.1, -0.05) is 12.2 Å². The van der Waals surface area contributed by atoms with E-state index in [0.717, 1.165) is 29.5 Å².